The van der Waals surface area contributed by atoms with Crippen LogP contribution in [0.4, 0.5) is 0 Å². The molecule has 3 aliphatic rings. The van der Waals surface area contributed by atoms with Crippen LogP contribution in [0, 0.1) is 11.8 Å². The Bertz CT molecular complexity index is 1590. The van der Waals surface area contributed by atoms with Crippen molar-refractivity contribution in [3.63, 3.8) is 0 Å². The maximum atomic E-state index is 14.0. The van der Waals surface area contributed by atoms with Crippen LogP contribution >= 0.6 is 0 Å². The number of aliphatic hydroxyl groups excluding tert-OH is 2. The van der Waals surface area contributed by atoms with Gasteiger partial charge in [-0.3, -0.25) is 19.3 Å². The molecule has 0 aromatic heterocycles. The third-order valence-corrected chi connectivity index (χ3v) is 8.68. The first-order chi connectivity index (χ1) is 19.7. The van der Waals surface area contributed by atoms with Crippen LogP contribution in [0.15, 0.2) is 47.2 Å². The van der Waals surface area contributed by atoms with E-state index in [1.54, 1.807) is 27.3 Å². The molecule has 2 aromatic rings. The Hall–Kier alpha value is -4.19. The van der Waals surface area contributed by atoms with Crippen LogP contribution in [-0.2, 0) is 27.3 Å². The number of methoxy groups -OCH3 is 1. The molecule has 0 unspecified atom stereocenters. The number of phenols is 1. The third-order valence-electron chi connectivity index (χ3n) is 8.68. The van der Waals surface area contributed by atoms with Gasteiger partial charge in [0.15, 0.2) is 11.4 Å². The summed E-state index contributed by atoms with van der Waals surface area (Å²) >= 11 is 0. The molecule has 1 amide bonds. The van der Waals surface area contributed by atoms with Gasteiger partial charge in [-0.05, 0) is 81.8 Å². The topological polar surface area (TPSA) is 174 Å². The van der Waals surface area contributed by atoms with Crippen molar-refractivity contribution in [1.29, 1.82) is 0 Å². The number of hydrogen-bond donors (Lipinski definition) is 5. The number of primary amides is 1. The number of amides is 1. The molecule has 0 heterocycles. The largest absolute Gasteiger partial charge is 0.508 e. The number of nitrogens with zero attached hydrogens (tertiary/aromatic N) is 2. The van der Waals surface area contributed by atoms with Gasteiger partial charge >= 0.3 is 0 Å². The number of carbonyl (C=O) groups is 3. The average molecular weight is 578 g/mol. The van der Waals surface area contributed by atoms with E-state index in [9.17, 15) is 34.8 Å². The number of nitrogens with two attached hydrogens (primary N) is 1. The van der Waals surface area contributed by atoms with Crippen LogP contribution in [0.3, 0.4) is 0 Å². The van der Waals surface area contributed by atoms with E-state index in [0.29, 0.717) is 17.9 Å². The Morgan fingerprint density at radius 2 is 1.79 bits per heavy atom. The van der Waals surface area contributed by atoms with Gasteiger partial charge in [-0.1, -0.05) is 12.1 Å². The van der Waals surface area contributed by atoms with Gasteiger partial charge in [-0.25, -0.2) is 0 Å². The zero-order valence-corrected chi connectivity index (χ0v) is 24.1. The second kappa shape index (κ2) is 10.3. The molecule has 0 spiro atoms. The lowest BCUT2D eigenvalue weighted by molar-refractivity contribution is -0.153. The molecule has 1 fully saturated rings. The van der Waals surface area contributed by atoms with Gasteiger partial charge in [0.1, 0.15) is 28.6 Å². The van der Waals surface area contributed by atoms with Crippen LogP contribution in [0.5, 0.6) is 11.5 Å². The Balaban J connectivity index is 1.71. The normalized spacial score (nSPS) is 25.5. The first-order valence-corrected chi connectivity index (χ1v) is 13.6. The van der Waals surface area contributed by atoms with Crippen LogP contribution in [-0.4, -0.2) is 94.6 Å². The van der Waals surface area contributed by atoms with Crippen molar-refractivity contribution in [1.82, 2.24) is 9.80 Å². The van der Waals surface area contributed by atoms with Crippen molar-refractivity contribution in [3.05, 3.63) is 63.9 Å². The van der Waals surface area contributed by atoms with Gasteiger partial charge in [0.25, 0.3) is 5.91 Å². The zero-order valence-electron chi connectivity index (χ0n) is 24.1. The highest BCUT2D eigenvalue weighted by Crippen LogP contribution is 2.53. The number of fused-ring (bicyclic) bond motifs is 3. The van der Waals surface area contributed by atoms with Gasteiger partial charge in [-0.2, -0.15) is 0 Å². The molecule has 5 rings (SSSR count). The van der Waals surface area contributed by atoms with E-state index in [4.69, 9.17) is 10.5 Å². The molecule has 2 aromatic carbocycles. The number of phenolic OH excluding ortho intramolecular Hbond substituents is 1. The number of benzene rings is 2. The summed E-state index contributed by atoms with van der Waals surface area (Å²) in [6.07, 6.45) is 0.225. The fourth-order valence-corrected chi connectivity index (χ4v) is 6.92. The first-order valence-electron chi connectivity index (χ1n) is 13.6. The first kappa shape index (κ1) is 29.3. The molecule has 0 bridgehead atoms. The summed E-state index contributed by atoms with van der Waals surface area (Å²) in [5, 5.41) is 45.2. The number of Topliss-reactive ketones (excluding diaryl/α,β-unsaturated/α-hetero) is 2. The Labute approximate surface area is 243 Å². The van der Waals surface area contributed by atoms with Crippen LogP contribution in [0.2, 0.25) is 0 Å². The number of aromatic hydroxyl groups is 1. The summed E-state index contributed by atoms with van der Waals surface area (Å²) in [5.41, 5.74) is 4.81. The highest BCUT2D eigenvalue weighted by molar-refractivity contribution is 6.24. The smallest absolute Gasteiger partial charge is 0.255 e. The van der Waals surface area contributed by atoms with Crippen molar-refractivity contribution in [2.45, 2.75) is 31.0 Å². The molecular formula is C31H35N3O8. The molecule has 0 aliphatic heterocycles. The van der Waals surface area contributed by atoms with Crippen LogP contribution < -0.4 is 10.5 Å². The van der Waals surface area contributed by atoms with E-state index in [2.05, 4.69) is 0 Å². The lowest BCUT2D eigenvalue weighted by Gasteiger charge is -2.50. The van der Waals surface area contributed by atoms with Crippen molar-refractivity contribution in [3.8, 4) is 22.6 Å². The SMILES string of the molecule is COc1ccc(-c2ccc(O)c3c2C[C@H]2C[C@H]4[C@H](N(C)C)C(=O)C(C(N)=O)=C(O)[C@@]4(O)C(=O)C2=C3O)cc1CN(C)C. The fourth-order valence-electron chi connectivity index (χ4n) is 6.92. The Morgan fingerprint density at radius 3 is 2.38 bits per heavy atom. The molecule has 3 aliphatic carbocycles. The van der Waals surface area contributed by atoms with Crippen LogP contribution in [0.25, 0.3) is 16.9 Å². The summed E-state index contributed by atoms with van der Waals surface area (Å²) in [5.74, 6) is -6.07. The van der Waals surface area contributed by atoms with Gasteiger partial charge in [0, 0.05) is 23.6 Å². The highest BCUT2D eigenvalue weighted by Gasteiger charge is 2.64. The summed E-state index contributed by atoms with van der Waals surface area (Å²) in [7, 11) is 8.61. The van der Waals surface area contributed by atoms with E-state index in [1.807, 2.05) is 37.2 Å². The molecule has 42 heavy (non-hydrogen) atoms. The second-order valence-corrected chi connectivity index (χ2v) is 11.7. The lowest BCUT2D eigenvalue weighted by atomic mass is 9.57. The molecule has 0 radical (unpaired) electrons. The molecule has 11 nitrogen and oxygen atoms in total. The summed E-state index contributed by atoms with van der Waals surface area (Å²) in [6, 6.07) is 7.74. The number of likely N-dealkylation sites (N-methyl/N-ethyl adjacent to an activating group) is 1. The monoisotopic (exact) mass is 577 g/mol. The number of ketones is 2. The molecular weight excluding hydrogens is 542 g/mol. The number of carbonyl (C=O) groups excluding carboxylic acids is 3. The maximum absolute atomic E-state index is 14.0. The zero-order chi connectivity index (χ0) is 30.8. The van der Waals surface area contributed by atoms with Gasteiger partial charge in [0.2, 0.25) is 5.78 Å². The van der Waals surface area contributed by atoms with Gasteiger partial charge in [-0.15, -0.1) is 0 Å². The minimum absolute atomic E-state index is 0.0232. The number of rotatable bonds is 6. The van der Waals surface area contributed by atoms with E-state index in [-0.39, 0.29) is 29.7 Å². The number of hydrogen-bond acceptors (Lipinski definition) is 10. The lowest BCUT2D eigenvalue weighted by Crippen LogP contribution is -2.65. The second-order valence-electron chi connectivity index (χ2n) is 11.7. The van der Waals surface area contributed by atoms with E-state index >= 15 is 0 Å². The predicted octanol–water partition coefficient (Wildman–Crippen LogP) is 1.70. The third kappa shape index (κ3) is 4.19. The molecule has 222 valence electrons. The Morgan fingerprint density at radius 1 is 1.10 bits per heavy atom. The molecule has 4 atom stereocenters. The number of aliphatic hydroxyl groups is 3. The average Bonchev–Trinajstić information content (AvgIpc) is 2.90. The van der Waals surface area contributed by atoms with E-state index in [0.717, 1.165) is 16.7 Å². The quantitative estimate of drug-likeness (QED) is 0.318. The van der Waals surface area contributed by atoms with Gasteiger partial charge < -0.3 is 35.8 Å². The van der Waals surface area contributed by atoms with E-state index < -0.39 is 58.0 Å². The number of ether oxygens (including phenoxy) is 1. The highest BCUT2D eigenvalue weighted by atomic mass is 16.5. The standard InChI is InChI=1S/C31H35N3O8/c1-33(2)13-16-10-14(6-9-21(16)42-5)17-7-8-20(35)23-18(17)11-15-12-19-25(34(3)4)27(37)24(30(32)40)29(39)31(19,41)28(38)22(15)26(23)36/h6-10,15,19,25,35-36,39,41H,11-13H2,1-5H3,(H2,32,40)/t15-,19-,25-,31-/m0/s1. The minimum Gasteiger partial charge on any atom is -0.508 e. The molecule has 1 saturated carbocycles. The minimum atomic E-state index is -2.67. The van der Waals surface area contributed by atoms with Gasteiger partial charge in [0.05, 0.1) is 18.7 Å². The summed E-state index contributed by atoms with van der Waals surface area (Å²) in [4.78, 5) is 43.0. The summed E-state index contributed by atoms with van der Waals surface area (Å²) in [6.45, 7) is 0.605. The molecule has 6 N–H and O–H groups in total. The van der Waals surface area contributed by atoms with Crippen molar-refractivity contribution in [2.75, 3.05) is 35.3 Å². The predicted molar refractivity (Wildman–Crippen MR) is 154 cm³/mol. The van der Waals surface area contributed by atoms with E-state index in [1.165, 1.54) is 11.0 Å². The fraction of sp³-hybridized carbons (Fsp3) is 0.387. The summed E-state index contributed by atoms with van der Waals surface area (Å²) < 4.78 is 5.54. The van der Waals surface area contributed by atoms with Crippen molar-refractivity contribution in [2.24, 2.45) is 17.6 Å². The Kier molecular flexibility index (Phi) is 7.16. The maximum Gasteiger partial charge on any atom is 0.255 e. The van der Waals surface area contributed by atoms with Crippen molar-refractivity contribution >= 4 is 23.2 Å². The van der Waals surface area contributed by atoms with Crippen LogP contribution in [0.1, 0.15) is 23.1 Å². The van der Waals surface area contributed by atoms with Crippen molar-refractivity contribution < 1.29 is 39.5 Å². The molecule has 0 saturated heterocycles. The molecule has 11 heteroatoms.